The van der Waals surface area contributed by atoms with Gasteiger partial charge in [-0.3, -0.25) is 10.1 Å². The van der Waals surface area contributed by atoms with Gasteiger partial charge in [-0.2, -0.15) is 0 Å². The van der Waals surface area contributed by atoms with E-state index in [1.807, 2.05) is 60.7 Å². The van der Waals surface area contributed by atoms with Crippen molar-refractivity contribution in [2.45, 2.75) is 6.61 Å². The number of ether oxygens (including phenoxy) is 1. The molecule has 1 N–H and O–H groups in total. The molecule has 1 aliphatic heterocycles. The molecule has 0 unspecified atom stereocenters. The lowest BCUT2D eigenvalue weighted by Crippen LogP contribution is -2.33. The number of hydrogen-bond acceptors (Lipinski definition) is 3. The van der Waals surface area contributed by atoms with Crippen LogP contribution in [-0.2, 0) is 16.1 Å². The Morgan fingerprint density at radius 3 is 2.39 bits per heavy atom. The zero-order valence-electron chi connectivity index (χ0n) is 12.4. The van der Waals surface area contributed by atoms with Gasteiger partial charge in [0.2, 0.25) is 0 Å². The fraction of sp³-hybridized carbons (Fsp3) is 0.111. The fourth-order valence-electron chi connectivity index (χ4n) is 2.30. The summed E-state index contributed by atoms with van der Waals surface area (Å²) in [6.45, 7) is 0.591. The fourth-order valence-corrected chi connectivity index (χ4v) is 2.30. The van der Waals surface area contributed by atoms with Gasteiger partial charge in [-0.15, -0.1) is 0 Å². The first-order valence-electron chi connectivity index (χ1n) is 7.29. The van der Waals surface area contributed by atoms with E-state index in [1.165, 1.54) is 0 Å². The normalized spacial score (nSPS) is 13.7. The summed E-state index contributed by atoms with van der Waals surface area (Å²) in [5, 5.41) is 2.51. The van der Waals surface area contributed by atoms with Crippen molar-refractivity contribution in [2.24, 2.45) is 0 Å². The molecule has 0 fully saturated rings. The molecular formula is C18H16N2O3. The molecule has 0 radical (unpaired) electrons. The van der Waals surface area contributed by atoms with Crippen molar-refractivity contribution in [3.63, 3.8) is 0 Å². The summed E-state index contributed by atoms with van der Waals surface area (Å²) in [5.41, 5.74) is 1.93. The molecule has 1 heterocycles. The third kappa shape index (κ3) is 3.58. The van der Waals surface area contributed by atoms with E-state index >= 15 is 0 Å². The molecular weight excluding hydrogens is 292 g/mol. The Bertz CT molecular complexity index is 726. The van der Waals surface area contributed by atoms with Crippen LogP contribution in [0.1, 0.15) is 5.56 Å². The Balaban J connectivity index is 1.54. The molecule has 2 aromatic rings. The summed E-state index contributed by atoms with van der Waals surface area (Å²) in [7, 11) is 0. The molecule has 5 heteroatoms. The van der Waals surface area contributed by atoms with Gasteiger partial charge in [-0.25, -0.2) is 4.79 Å². The minimum absolute atomic E-state index is 0.163. The number of amides is 2. The van der Waals surface area contributed by atoms with Crippen molar-refractivity contribution in [1.29, 1.82) is 0 Å². The van der Waals surface area contributed by atoms with E-state index in [0.717, 1.165) is 11.3 Å². The smallest absolute Gasteiger partial charge is 0.412 e. The standard InChI is InChI=1S/C18H16N2O3/c21-17-16(11-12-20(17)15-9-5-2-6-10-15)19-18(22)23-13-14-7-3-1-4-8-14/h1-11H,12-13H2,(H,19,22). The molecule has 2 amide bonds. The number of carbonyl (C=O) groups is 2. The number of alkyl carbamates (subject to hydrolysis) is 1. The Labute approximate surface area is 134 Å². The molecule has 0 spiro atoms. The van der Waals surface area contributed by atoms with Crippen molar-refractivity contribution >= 4 is 17.7 Å². The molecule has 0 saturated heterocycles. The van der Waals surface area contributed by atoms with E-state index in [4.69, 9.17) is 4.74 Å². The number of anilines is 1. The van der Waals surface area contributed by atoms with Crippen LogP contribution >= 0.6 is 0 Å². The summed E-state index contributed by atoms with van der Waals surface area (Å²) in [5.74, 6) is -0.243. The average Bonchev–Trinajstić information content (AvgIpc) is 2.95. The summed E-state index contributed by atoms with van der Waals surface area (Å²) in [6, 6.07) is 18.7. The van der Waals surface area contributed by atoms with Crippen LogP contribution in [0.3, 0.4) is 0 Å². The van der Waals surface area contributed by atoms with Crippen LogP contribution < -0.4 is 10.2 Å². The molecule has 23 heavy (non-hydrogen) atoms. The Hall–Kier alpha value is -3.08. The highest BCUT2D eigenvalue weighted by atomic mass is 16.5. The molecule has 0 aromatic heterocycles. The van der Waals surface area contributed by atoms with Gasteiger partial charge < -0.3 is 9.64 Å². The van der Waals surface area contributed by atoms with E-state index in [2.05, 4.69) is 5.32 Å². The van der Waals surface area contributed by atoms with Gasteiger partial charge in [0.05, 0.1) is 0 Å². The minimum Gasteiger partial charge on any atom is -0.444 e. The van der Waals surface area contributed by atoms with Crippen LogP contribution in [0.5, 0.6) is 0 Å². The maximum Gasteiger partial charge on any atom is 0.412 e. The molecule has 116 valence electrons. The molecule has 1 aliphatic rings. The number of carbonyl (C=O) groups excluding carboxylic acids is 2. The number of para-hydroxylation sites is 1. The quantitative estimate of drug-likeness (QED) is 0.945. The molecule has 3 rings (SSSR count). The van der Waals surface area contributed by atoms with Crippen molar-refractivity contribution in [3.8, 4) is 0 Å². The number of hydrogen-bond donors (Lipinski definition) is 1. The number of nitrogens with one attached hydrogen (secondary N) is 1. The van der Waals surface area contributed by atoms with E-state index < -0.39 is 6.09 Å². The average molecular weight is 308 g/mol. The molecule has 0 saturated carbocycles. The Kier molecular flexibility index (Phi) is 4.38. The summed E-state index contributed by atoms with van der Waals surface area (Å²) >= 11 is 0. The highest BCUT2D eigenvalue weighted by molar-refractivity contribution is 6.09. The van der Waals surface area contributed by atoms with Gasteiger partial charge in [-0.1, -0.05) is 48.5 Å². The van der Waals surface area contributed by atoms with Crippen molar-refractivity contribution < 1.29 is 14.3 Å². The van der Waals surface area contributed by atoms with Crippen molar-refractivity contribution in [1.82, 2.24) is 5.32 Å². The van der Waals surface area contributed by atoms with Gasteiger partial charge in [0.15, 0.2) is 0 Å². The maximum absolute atomic E-state index is 12.3. The first-order valence-corrected chi connectivity index (χ1v) is 7.29. The Morgan fingerprint density at radius 1 is 1.04 bits per heavy atom. The molecule has 5 nitrogen and oxygen atoms in total. The maximum atomic E-state index is 12.3. The van der Waals surface area contributed by atoms with Gasteiger partial charge >= 0.3 is 6.09 Å². The van der Waals surface area contributed by atoms with Crippen LogP contribution in [0, 0.1) is 0 Å². The van der Waals surface area contributed by atoms with Gasteiger partial charge in [-0.05, 0) is 23.8 Å². The van der Waals surface area contributed by atoms with Crippen molar-refractivity contribution in [3.05, 3.63) is 78.0 Å². The molecule has 0 bridgehead atoms. The lowest BCUT2D eigenvalue weighted by atomic mass is 10.2. The van der Waals surface area contributed by atoms with Crippen LogP contribution in [0.25, 0.3) is 0 Å². The van der Waals surface area contributed by atoms with Crippen LogP contribution in [-0.4, -0.2) is 18.5 Å². The number of rotatable bonds is 4. The van der Waals surface area contributed by atoms with Crippen LogP contribution in [0.15, 0.2) is 72.4 Å². The molecule has 0 aliphatic carbocycles. The second kappa shape index (κ2) is 6.79. The predicted molar refractivity (Wildman–Crippen MR) is 86.6 cm³/mol. The van der Waals surface area contributed by atoms with E-state index in [-0.39, 0.29) is 18.2 Å². The summed E-state index contributed by atoms with van der Waals surface area (Å²) in [6.07, 6.45) is 1.04. The molecule has 2 aromatic carbocycles. The zero-order chi connectivity index (χ0) is 16.1. The van der Waals surface area contributed by atoms with Gasteiger partial charge in [0, 0.05) is 12.2 Å². The Morgan fingerprint density at radius 2 is 1.70 bits per heavy atom. The monoisotopic (exact) mass is 308 g/mol. The lowest BCUT2D eigenvalue weighted by Gasteiger charge is -2.16. The summed E-state index contributed by atoms with van der Waals surface area (Å²) < 4.78 is 5.12. The second-order valence-corrected chi connectivity index (χ2v) is 5.06. The van der Waals surface area contributed by atoms with Crippen LogP contribution in [0.4, 0.5) is 10.5 Å². The highest BCUT2D eigenvalue weighted by Crippen LogP contribution is 2.19. The predicted octanol–water partition coefficient (Wildman–Crippen LogP) is 2.84. The first-order chi connectivity index (χ1) is 11.2. The SMILES string of the molecule is O=C(NC1=CCN(c2ccccc2)C1=O)OCc1ccccc1. The van der Waals surface area contributed by atoms with Crippen molar-refractivity contribution in [2.75, 3.05) is 11.4 Å². The van der Waals surface area contributed by atoms with Gasteiger partial charge in [0.1, 0.15) is 12.3 Å². The molecule has 0 atom stereocenters. The van der Waals surface area contributed by atoms with E-state index in [9.17, 15) is 9.59 Å². The zero-order valence-corrected chi connectivity index (χ0v) is 12.4. The second-order valence-electron chi connectivity index (χ2n) is 5.06. The van der Waals surface area contributed by atoms with E-state index in [1.54, 1.807) is 11.0 Å². The third-order valence-corrected chi connectivity index (χ3v) is 3.47. The van der Waals surface area contributed by atoms with Gasteiger partial charge in [0.25, 0.3) is 5.91 Å². The van der Waals surface area contributed by atoms with Crippen LogP contribution in [0.2, 0.25) is 0 Å². The first kappa shape index (κ1) is 14.8. The highest BCUT2D eigenvalue weighted by Gasteiger charge is 2.26. The third-order valence-electron chi connectivity index (χ3n) is 3.47. The minimum atomic E-state index is -0.636. The topological polar surface area (TPSA) is 58.6 Å². The lowest BCUT2D eigenvalue weighted by molar-refractivity contribution is -0.114. The number of benzene rings is 2. The summed E-state index contributed by atoms with van der Waals surface area (Å²) in [4.78, 5) is 25.7. The largest absolute Gasteiger partial charge is 0.444 e. The number of nitrogens with zero attached hydrogens (tertiary/aromatic N) is 1. The van der Waals surface area contributed by atoms with E-state index in [0.29, 0.717) is 6.54 Å².